The van der Waals surface area contributed by atoms with E-state index >= 15 is 0 Å². The summed E-state index contributed by atoms with van der Waals surface area (Å²) in [5, 5.41) is 26.6. The number of rotatable bonds is 19. The summed E-state index contributed by atoms with van der Waals surface area (Å²) in [7, 11) is 4.74. The number of hydrogen-bond donors (Lipinski definition) is 7. The zero-order valence-electron chi connectivity index (χ0n) is 47.0. The summed E-state index contributed by atoms with van der Waals surface area (Å²) >= 11 is 0. The van der Waals surface area contributed by atoms with E-state index in [-0.39, 0.29) is 49.9 Å². The maximum atomic E-state index is 14.0. The highest BCUT2D eigenvalue weighted by atomic mass is 16.5. The van der Waals surface area contributed by atoms with Gasteiger partial charge in [-0.25, -0.2) is 0 Å². The van der Waals surface area contributed by atoms with Crippen LogP contribution in [-0.2, 0) is 40.4 Å². The molecule has 0 aliphatic carbocycles. The van der Waals surface area contributed by atoms with E-state index in [4.69, 9.17) is 23.7 Å². The Bertz CT molecular complexity index is 2860. The van der Waals surface area contributed by atoms with Crippen LogP contribution in [0, 0.1) is 0 Å². The molecular weight excluding hydrogens is 1000 g/mol. The molecule has 18 heteroatoms. The van der Waals surface area contributed by atoms with Crippen LogP contribution >= 0.6 is 0 Å². The molecule has 0 saturated heterocycles. The first-order valence-electron chi connectivity index (χ1n) is 27.2. The van der Waals surface area contributed by atoms with Gasteiger partial charge >= 0.3 is 0 Å². The largest absolute Gasteiger partial charge is 0.493 e. The van der Waals surface area contributed by atoms with Crippen LogP contribution in [0.5, 0.6) is 23.0 Å². The van der Waals surface area contributed by atoms with Gasteiger partial charge in [-0.1, -0.05) is 103 Å². The number of methoxy groups -OCH3 is 2. The first kappa shape index (κ1) is 61.8. The molecule has 4 heterocycles. The lowest BCUT2D eigenvalue weighted by molar-refractivity contribution is -0.115. The number of amides is 4. The molecule has 0 saturated carbocycles. The standard InChI is InChI=1S/C45H44N6O8.C9H17NO.C4H10.C2H6.CH3NO/c1-46-22-42(52)48-29-13-25(23-58-40-19-33-31(17-38(40)56-2)44(54)50-30(21-47-33)15-27-8-4-6-10-35(27)50)12-26(14-29)24-59-41-20-34-32(18-39(41)57-3)45(55)51-36-11-7-5-9-28(36)16-37(51)43(53)49-34;1-3-4-5-6-9(2)10-7-8-11;1-3-4-2;1-2;2-1-3/h4-14,17-20,30,37,43,46-47,49,53H,15-16,21-24H2,1-3H3,(H,48,52);8,10H,2-7H2,1H3;3-4H2,1-2H3;1-2H3;1H,(H2,2,3)/t30?,37?,43-;;;;/m1..../s1. The SMILES string of the molecule is C=C(CCCCC)NCC=O.CC.CCCC.CNCC(=O)Nc1cc(COc2cc3c(cc2OC)C(=O)N2c4ccccc4CC2CN3)cc(COc2cc3c(cc2OC)C(=O)N2c4ccccc4CC2[C@@H](O)N3)c1.NC=O. The molecular formula is C61H80N8O10. The Labute approximate surface area is 465 Å². The van der Waals surface area contributed by atoms with E-state index in [1.807, 2.05) is 79.4 Å². The molecule has 4 aliphatic heterocycles. The molecule has 0 fully saturated rings. The van der Waals surface area contributed by atoms with Gasteiger partial charge in [0.05, 0.1) is 61.9 Å². The van der Waals surface area contributed by atoms with Gasteiger partial charge in [-0.15, -0.1) is 0 Å². The van der Waals surface area contributed by atoms with Crippen molar-refractivity contribution < 1.29 is 48.0 Å². The summed E-state index contributed by atoms with van der Waals surface area (Å²) in [4.78, 5) is 62.7. The Kier molecular flexibility index (Phi) is 24.5. The molecule has 18 nitrogen and oxygen atoms in total. The van der Waals surface area contributed by atoms with Gasteiger partial charge in [0, 0.05) is 41.4 Å². The van der Waals surface area contributed by atoms with E-state index in [9.17, 15) is 24.3 Å². The minimum Gasteiger partial charge on any atom is -0.493 e. The van der Waals surface area contributed by atoms with Gasteiger partial charge in [0.25, 0.3) is 11.8 Å². The highest BCUT2D eigenvalue weighted by Crippen LogP contribution is 2.43. The Morgan fingerprint density at radius 1 is 0.759 bits per heavy atom. The number of aliphatic hydroxyl groups is 1. The van der Waals surface area contributed by atoms with E-state index in [2.05, 4.69) is 65.7 Å². The predicted octanol–water partition coefficient (Wildman–Crippen LogP) is 9.14. The number of carbonyl (C=O) groups is 5. The number of ether oxygens (including phenoxy) is 4. The van der Waals surface area contributed by atoms with Crippen LogP contribution in [0.4, 0.5) is 28.4 Å². The molecule has 424 valence electrons. The zero-order chi connectivity index (χ0) is 57.4. The summed E-state index contributed by atoms with van der Waals surface area (Å²) in [6.45, 7) is 15.6. The second-order valence-corrected chi connectivity index (χ2v) is 18.7. The van der Waals surface area contributed by atoms with Crippen molar-refractivity contribution >= 4 is 58.9 Å². The third kappa shape index (κ3) is 16.0. The predicted molar refractivity (Wildman–Crippen MR) is 313 cm³/mol. The van der Waals surface area contributed by atoms with Crippen molar-refractivity contribution in [1.29, 1.82) is 0 Å². The molecule has 79 heavy (non-hydrogen) atoms. The third-order valence-corrected chi connectivity index (χ3v) is 13.3. The van der Waals surface area contributed by atoms with Crippen molar-refractivity contribution in [2.24, 2.45) is 5.73 Å². The minimum absolute atomic E-state index is 0.0175. The summed E-state index contributed by atoms with van der Waals surface area (Å²) in [6, 6.07) is 27.5. The zero-order valence-corrected chi connectivity index (χ0v) is 47.0. The van der Waals surface area contributed by atoms with Crippen LogP contribution in [0.3, 0.4) is 0 Å². The second kappa shape index (κ2) is 31.3. The van der Waals surface area contributed by atoms with E-state index in [0.29, 0.717) is 76.3 Å². The number of allylic oxidation sites excluding steroid dienone is 1. The number of carbonyl (C=O) groups excluding carboxylic acids is 5. The lowest BCUT2D eigenvalue weighted by Crippen LogP contribution is -2.45. The van der Waals surface area contributed by atoms with Gasteiger partial charge in [-0.2, -0.15) is 0 Å². The third-order valence-electron chi connectivity index (χ3n) is 13.3. The van der Waals surface area contributed by atoms with Crippen LogP contribution in [0.25, 0.3) is 0 Å². The van der Waals surface area contributed by atoms with Crippen LogP contribution < -0.4 is 61.1 Å². The van der Waals surface area contributed by atoms with Crippen LogP contribution in [0.15, 0.2) is 103 Å². The number of para-hydroxylation sites is 2. The Balaban J connectivity index is 0.000000495. The molecule has 9 rings (SSSR count). The number of fused-ring (bicyclic) bond motifs is 8. The highest BCUT2D eigenvalue weighted by molar-refractivity contribution is 6.13. The quantitative estimate of drug-likeness (QED) is 0.0302. The van der Waals surface area contributed by atoms with Crippen molar-refractivity contribution in [1.82, 2.24) is 10.6 Å². The van der Waals surface area contributed by atoms with Gasteiger partial charge in [0.15, 0.2) is 23.0 Å². The van der Waals surface area contributed by atoms with Gasteiger partial charge in [0.1, 0.15) is 25.7 Å². The molecule has 0 aromatic heterocycles. The Morgan fingerprint density at radius 3 is 1.86 bits per heavy atom. The van der Waals surface area contributed by atoms with Crippen molar-refractivity contribution in [2.75, 3.05) is 66.7 Å². The van der Waals surface area contributed by atoms with Crippen LogP contribution in [-0.4, -0.2) is 94.7 Å². The fourth-order valence-corrected chi connectivity index (χ4v) is 9.40. The Hall–Kier alpha value is -8.09. The number of aldehydes is 1. The molecule has 0 radical (unpaired) electrons. The second-order valence-electron chi connectivity index (χ2n) is 18.7. The summed E-state index contributed by atoms with van der Waals surface area (Å²) < 4.78 is 24.2. The maximum Gasteiger partial charge on any atom is 0.260 e. The van der Waals surface area contributed by atoms with Crippen molar-refractivity contribution in [3.05, 3.63) is 137 Å². The van der Waals surface area contributed by atoms with Crippen LogP contribution in [0.1, 0.15) is 116 Å². The summed E-state index contributed by atoms with van der Waals surface area (Å²) in [6.07, 6.45) is 8.61. The Morgan fingerprint density at radius 2 is 1.30 bits per heavy atom. The number of unbranched alkanes of at least 4 members (excludes halogenated alkanes) is 3. The number of benzene rings is 5. The number of hydrogen-bond acceptors (Lipinski definition) is 14. The summed E-state index contributed by atoms with van der Waals surface area (Å²) in [5.41, 5.74) is 12.9. The molecule has 2 unspecified atom stereocenters. The number of likely N-dealkylation sites (N-methyl/N-ethyl adjacent to an activating group) is 1. The van der Waals surface area contributed by atoms with Crippen molar-refractivity contribution in [3.63, 3.8) is 0 Å². The van der Waals surface area contributed by atoms with E-state index < -0.39 is 12.3 Å². The van der Waals surface area contributed by atoms with E-state index in [0.717, 1.165) is 52.9 Å². The molecule has 0 spiro atoms. The smallest absolute Gasteiger partial charge is 0.260 e. The number of primary amides is 1. The molecule has 4 amide bonds. The fourth-order valence-electron chi connectivity index (χ4n) is 9.40. The monoisotopic (exact) mass is 1080 g/mol. The average molecular weight is 1090 g/mol. The topological polar surface area (TPSA) is 235 Å². The first-order valence-corrected chi connectivity index (χ1v) is 27.2. The number of anilines is 5. The summed E-state index contributed by atoms with van der Waals surface area (Å²) in [5.74, 6) is 0.961. The van der Waals surface area contributed by atoms with Gasteiger partial charge < -0.3 is 71.0 Å². The molecule has 3 atom stereocenters. The maximum absolute atomic E-state index is 14.0. The number of nitrogens with zero attached hydrogens (tertiary/aromatic N) is 2. The average Bonchev–Trinajstić information content (AvgIpc) is 4.07. The molecule has 0 bridgehead atoms. The van der Waals surface area contributed by atoms with E-state index in [1.54, 1.807) is 36.2 Å². The van der Waals surface area contributed by atoms with E-state index in [1.165, 1.54) is 46.3 Å². The molecule has 4 aliphatic rings. The fraction of sp³-hybridized carbons (Fsp3) is 0.393. The molecule has 5 aromatic carbocycles. The van der Waals surface area contributed by atoms with Gasteiger partial charge in [0.2, 0.25) is 12.3 Å². The van der Waals surface area contributed by atoms with Crippen LogP contribution in [0.2, 0.25) is 0 Å². The highest BCUT2D eigenvalue weighted by Gasteiger charge is 2.42. The number of nitrogens with one attached hydrogen (secondary N) is 5. The number of aliphatic hydroxyl groups excluding tert-OH is 1. The first-order chi connectivity index (χ1) is 38.4. The minimum atomic E-state index is -1.03. The van der Waals surface area contributed by atoms with Crippen molar-refractivity contribution in [2.45, 2.75) is 118 Å². The molecule has 8 N–H and O–H groups in total. The number of nitrogens with two attached hydrogens (primary N) is 1. The van der Waals surface area contributed by atoms with Gasteiger partial charge in [-0.3, -0.25) is 19.2 Å². The van der Waals surface area contributed by atoms with Crippen molar-refractivity contribution in [3.8, 4) is 23.0 Å². The van der Waals surface area contributed by atoms with Gasteiger partial charge in [-0.05, 0) is 97.4 Å². The lowest BCUT2D eigenvalue weighted by atomic mass is 10.1. The normalized spacial score (nSPS) is 15.6. The lowest BCUT2D eigenvalue weighted by Gasteiger charge is -2.26. The molecule has 5 aromatic rings.